The third-order valence-electron chi connectivity index (χ3n) is 2.34. The number of ether oxygens (including phenoxy) is 2. The summed E-state index contributed by atoms with van der Waals surface area (Å²) >= 11 is 0. The molecule has 0 bridgehead atoms. The highest BCUT2D eigenvalue weighted by molar-refractivity contribution is 5.83. The van der Waals surface area contributed by atoms with Crippen LogP contribution in [0.3, 0.4) is 0 Å². The summed E-state index contributed by atoms with van der Waals surface area (Å²) in [4.78, 5) is 9.72. The van der Waals surface area contributed by atoms with Crippen molar-refractivity contribution in [1.29, 1.82) is 0 Å². The van der Waals surface area contributed by atoms with Crippen LogP contribution in [-0.4, -0.2) is 37.2 Å². The van der Waals surface area contributed by atoms with Crippen LogP contribution in [0.25, 0.3) is 0 Å². The molecule has 1 aliphatic rings. The van der Waals surface area contributed by atoms with Crippen LogP contribution in [-0.2, 0) is 14.3 Å². The van der Waals surface area contributed by atoms with Crippen LogP contribution in [0, 0.1) is 0 Å². The minimum Gasteiger partial charge on any atom is -0.545 e. The van der Waals surface area contributed by atoms with Crippen LogP contribution in [0.15, 0.2) is 12.2 Å². The number of carboxylic acid groups (broad SMARTS) is 1. The highest BCUT2D eigenvalue weighted by Gasteiger charge is 2.14. The van der Waals surface area contributed by atoms with Crippen molar-refractivity contribution in [3.8, 4) is 0 Å². The van der Waals surface area contributed by atoms with Crippen molar-refractivity contribution in [1.82, 2.24) is 0 Å². The van der Waals surface area contributed by atoms with Crippen molar-refractivity contribution < 1.29 is 24.5 Å². The predicted octanol–water partition coefficient (Wildman–Crippen LogP) is 0.224. The molecule has 100 valence electrons. The van der Waals surface area contributed by atoms with Gasteiger partial charge in [-0.25, -0.2) is 0 Å². The zero-order valence-corrected chi connectivity index (χ0v) is 10.3. The Morgan fingerprint density at radius 3 is 2.59 bits per heavy atom. The summed E-state index contributed by atoms with van der Waals surface area (Å²) in [5.74, 6) is -1.15. The van der Waals surface area contributed by atoms with E-state index < -0.39 is 5.97 Å². The van der Waals surface area contributed by atoms with Crippen molar-refractivity contribution in [2.45, 2.75) is 38.7 Å². The molecule has 5 nitrogen and oxygen atoms in total. The van der Waals surface area contributed by atoms with Gasteiger partial charge in [-0.05, 0) is 31.3 Å². The Bertz CT molecular complexity index is 221. The first kappa shape index (κ1) is 16.1. The van der Waals surface area contributed by atoms with Crippen LogP contribution >= 0.6 is 0 Å². The van der Waals surface area contributed by atoms with Crippen LogP contribution in [0.5, 0.6) is 0 Å². The molecule has 0 saturated carbocycles. The third kappa shape index (κ3) is 8.85. The van der Waals surface area contributed by atoms with E-state index in [1.54, 1.807) is 6.92 Å². The summed E-state index contributed by atoms with van der Waals surface area (Å²) in [6, 6.07) is 0. The zero-order valence-electron chi connectivity index (χ0n) is 10.3. The molecule has 0 amide bonds. The van der Waals surface area contributed by atoms with Gasteiger partial charge in [-0.2, -0.15) is 0 Å². The summed E-state index contributed by atoms with van der Waals surface area (Å²) in [5.41, 5.74) is 0.153. The van der Waals surface area contributed by atoms with Crippen molar-refractivity contribution in [2.24, 2.45) is 0 Å². The van der Waals surface area contributed by atoms with E-state index in [4.69, 9.17) is 14.6 Å². The second-order valence-corrected chi connectivity index (χ2v) is 3.74. The first-order chi connectivity index (χ1) is 8.11. The fraction of sp³-hybridized carbons (Fsp3) is 0.750. The predicted molar refractivity (Wildman–Crippen MR) is 61.1 cm³/mol. The Hall–Kier alpha value is -0.910. The average molecular weight is 245 g/mol. The molecule has 0 aromatic carbocycles. The van der Waals surface area contributed by atoms with Crippen LogP contribution in [0.4, 0.5) is 0 Å². The Labute approximate surface area is 102 Å². The van der Waals surface area contributed by atoms with Crippen molar-refractivity contribution in [3.05, 3.63) is 12.2 Å². The Morgan fingerprint density at radius 1 is 1.53 bits per heavy atom. The molecule has 0 aromatic rings. The van der Waals surface area contributed by atoms with E-state index in [1.807, 2.05) is 0 Å². The first-order valence-corrected chi connectivity index (χ1v) is 5.81. The summed E-state index contributed by atoms with van der Waals surface area (Å²) < 4.78 is 10.2. The second kappa shape index (κ2) is 10.3. The Balaban J connectivity index is 0.000000325. The summed E-state index contributed by atoms with van der Waals surface area (Å²) in [6.07, 6.45) is 3.67. The molecule has 1 fully saturated rings. The van der Waals surface area contributed by atoms with Crippen molar-refractivity contribution in [3.63, 3.8) is 0 Å². The smallest absolute Gasteiger partial charge is 0.147 e. The SMILES string of the molecule is C=C(CC)C(=O)[O-].OCCCCC1COCO1. The first-order valence-electron chi connectivity index (χ1n) is 5.81. The average Bonchev–Trinajstić information content (AvgIpc) is 2.82. The molecule has 0 spiro atoms. The van der Waals surface area contributed by atoms with E-state index in [0.717, 1.165) is 25.9 Å². The summed E-state index contributed by atoms with van der Waals surface area (Å²) in [7, 11) is 0. The number of aliphatic hydroxyl groups excluding tert-OH is 1. The lowest BCUT2D eigenvalue weighted by Crippen LogP contribution is -2.23. The van der Waals surface area contributed by atoms with E-state index in [9.17, 15) is 9.90 Å². The standard InChI is InChI=1S/C7H14O3.C5H8O2/c8-4-2-1-3-7-5-9-6-10-7;1-3-4(2)5(6)7/h7-8H,1-6H2;2-3H2,1H3,(H,6,7)/p-1. The Morgan fingerprint density at radius 2 is 2.24 bits per heavy atom. The highest BCUT2D eigenvalue weighted by atomic mass is 16.7. The summed E-state index contributed by atoms with van der Waals surface area (Å²) in [5, 5.41) is 18.2. The summed E-state index contributed by atoms with van der Waals surface area (Å²) in [6.45, 7) is 6.39. The molecule has 0 radical (unpaired) electrons. The van der Waals surface area contributed by atoms with E-state index in [2.05, 4.69) is 6.58 Å². The van der Waals surface area contributed by atoms with Gasteiger partial charge in [0.25, 0.3) is 0 Å². The molecule has 0 aromatic heterocycles. The van der Waals surface area contributed by atoms with E-state index in [-0.39, 0.29) is 18.3 Å². The fourth-order valence-corrected chi connectivity index (χ4v) is 1.17. The monoisotopic (exact) mass is 245 g/mol. The molecule has 1 unspecified atom stereocenters. The van der Waals surface area contributed by atoms with Gasteiger partial charge in [0.1, 0.15) is 6.79 Å². The van der Waals surface area contributed by atoms with Gasteiger partial charge in [-0.15, -0.1) is 0 Å². The number of carbonyl (C=O) groups is 1. The minimum absolute atomic E-state index is 0.153. The molecule has 1 aliphatic heterocycles. The Kier molecular flexibility index (Phi) is 9.71. The van der Waals surface area contributed by atoms with Crippen LogP contribution in [0.2, 0.25) is 0 Å². The van der Waals surface area contributed by atoms with E-state index in [1.165, 1.54) is 0 Å². The van der Waals surface area contributed by atoms with Crippen molar-refractivity contribution in [2.75, 3.05) is 20.0 Å². The molecule has 17 heavy (non-hydrogen) atoms. The van der Waals surface area contributed by atoms with Gasteiger partial charge in [0.2, 0.25) is 0 Å². The normalized spacial score (nSPS) is 18.4. The molecular weight excluding hydrogens is 224 g/mol. The molecule has 1 heterocycles. The largest absolute Gasteiger partial charge is 0.545 e. The third-order valence-corrected chi connectivity index (χ3v) is 2.34. The van der Waals surface area contributed by atoms with E-state index >= 15 is 0 Å². The number of aliphatic carboxylic acids is 1. The van der Waals surface area contributed by atoms with E-state index in [0.29, 0.717) is 13.2 Å². The van der Waals surface area contributed by atoms with Crippen LogP contribution < -0.4 is 5.11 Å². The van der Waals surface area contributed by atoms with Gasteiger partial charge in [0.05, 0.1) is 18.7 Å². The quantitative estimate of drug-likeness (QED) is 0.535. The molecule has 0 aliphatic carbocycles. The maximum absolute atomic E-state index is 9.72. The zero-order chi connectivity index (χ0) is 13.1. The number of carboxylic acids is 1. The number of carbonyl (C=O) groups excluding carboxylic acids is 1. The maximum atomic E-state index is 9.72. The number of unbranched alkanes of at least 4 members (excludes halogenated alkanes) is 1. The number of rotatable bonds is 6. The number of aliphatic hydroxyl groups is 1. The topological polar surface area (TPSA) is 78.8 Å². The second-order valence-electron chi connectivity index (χ2n) is 3.74. The highest BCUT2D eigenvalue weighted by Crippen LogP contribution is 2.10. The lowest BCUT2D eigenvalue weighted by Gasteiger charge is -2.04. The number of hydrogen-bond acceptors (Lipinski definition) is 5. The van der Waals surface area contributed by atoms with Crippen LogP contribution in [0.1, 0.15) is 32.6 Å². The molecule has 1 atom stereocenters. The van der Waals surface area contributed by atoms with Gasteiger partial charge in [0, 0.05) is 6.61 Å². The number of hydrogen-bond donors (Lipinski definition) is 1. The van der Waals surface area contributed by atoms with Gasteiger partial charge in [-0.3, -0.25) is 0 Å². The van der Waals surface area contributed by atoms with Gasteiger partial charge in [0.15, 0.2) is 0 Å². The molecule has 1 rings (SSSR count). The van der Waals surface area contributed by atoms with Gasteiger partial charge in [-0.1, -0.05) is 13.5 Å². The van der Waals surface area contributed by atoms with Crippen molar-refractivity contribution >= 4 is 5.97 Å². The van der Waals surface area contributed by atoms with Gasteiger partial charge < -0.3 is 24.5 Å². The lowest BCUT2D eigenvalue weighted by molar-refractivity contribution is -0.299. The fourth-order valence-electron chi connectivity index (χ4n) is 1.17. The molecule has 1 N–H and O–H groups in total. The maximum Gasteiger partial charge on any atom is 0.147 e. The lowest BCUT2D eigenvalue weighted by atomic mass is 10.2. The van der Waals surface area contributed by atoms with Gasteiger partial charge >= 0.3 is 0 Å². The molecular formula is C12H21O5-. The minimum atomic E-state index is -1.15. The molecule has 5 heteroatoms. The molecule has 1 saturated heterocycles.